The molecule has 5 heteroatoms. The van der Waals surface area contributed by atoms with E-state index in [0.29, 0.717) is 0 Å². The van der Waals surface area contributed by atoms with Crippen molar-refractivity contribution >= 4 is 56.2 Å². The molecule has 15 heavy (non-hydrogen) atoms. The zero-order valence-electron chi connectivity index (χ0n) is 8.30. The zero-order chi connectivity index (χ0) is 10.8. The molecule has 1 aromatic heterocycles. The van der Waals surface area contributed by atoms with Gasteiger partial charge < -0.3 is 0 Å². The van der Waals surface area contributed by atoms with Crippen LogP contribution in [0.3, 0.4) is 0 Å². The summed E-state index contributed by atoms with van der Waals surface area (Å²) in [6.07, 6.45) is 0. The van der Waals surface area contributed by atoms with E-state index >= 15 is 0 Å². The van der Waals surface area contributed by atoms with E-state index in [4.69, 9.17) is 0 Å². The second-order valence-corrected chi connectivity index (χ2v) is 4.50. The van der Waals surface area contributed by atoms with Gasteiger partial charge in [0.1, 0.15) is 7.85 Å². The number of aromatic nitrogens is 2. The average molecular weight is 328 g/mol. The lowest BCUT2D eigenvalue weighted by atomic mass is 9.96. The van der Waals surface area contributed by atoms with Gasteiger partial charge in [-0.15, -0.1) is 0 Å². The lowest BCUT2D eigenvalue weighted by molar-refractivity contribution is 1.08. The van der Waals surface area contributed by atoms with Gasteiger partial charge in [0.15, 0.2) is 0 Å². The normalized spacial score (nSPS) is 10.8. The van der Waals surface area contributed by atoms with Crippen LogP contribution in [-0.4, -0.2) is 17.8 Å². The van der Waals surface area contributed by atoms with Crippen LogP contribution in [0.4, 0.5) is 0 Å². The number of rotatable bonds is 2. The smallest absolute Gasteiger partial charge is 0.139 e. The van der Waals surface area contributed by atoms with Crippen molar-refractivity contribution in [3.63, 3.8) is 0 Å². The van der Waals surface area contributed by atoms with Crippen molar-refractivity contribution in [1.82, 2.24) is 9.97 Å². The van der Waals surface area contributed by atoms with Gasteiger partial charge in [-0.3, -0.25) is 0 Å². The first-order valence-electron chi connectivity index (χ1n) is 4.62. The molecule has 2 aromatic rings. The number of alkyl halides is 2. The summed E-state index contributed by atoms with van der Waals surface area (Å²) in [7, 11) is 2.06. The van der Waals surface area contributed by atoms with Crippen molar-refractivity contribution in [2.45, 2.75) is 10.7 Å². The fraction of sp³-hybridized carbons (Fsp3) is 0.200. The van der Waals surface area contributed by atoms with Gasteiger partial charge in [0.25, 0.3) is 0 Å². The Morgan fingerprint density at radius 3 is 2.20 bits per heavy atom. The summed E-state index contributed by atoms with van der Waals surface area (Å²) in [6.45, 7) is 0. The Kier molecular flexibility index (Phi) is 3.41. The maximum absolute atomic E-state index is 4.59. The van der Waals surface area contributed by atoms with E-state index in [0.717, 1.165) is 33.1 Å². The molecular formula is C10H9BBr2N2. The second kappa shape index (κ2) is 4.62. The van der Waals surface area contributed by atoms with E-state index in [9.17, 15) is 0 Å². The molecule has 76 valence electrons. The van der Waals surface area contributed by atoms with Gasteiger partial charge in [-0.05, 0) is 12.1 Å². The van der Waals surface area contributed by atoms with Gasteiger partial charge in [0.05, 0.1) is 22.4 Å². The number of hydrogen-bond donors (Lipinski definition) is 0. The third kappa shape index (κ3) is 2.23. The van der Waals surface area contributed by atoms with Gasteiger partial charge in [-0.1, -0.05) is 43.4 Å². The number of fused-ring (bicyclic) bond motifs is 1. The van der Waals surface area contributed by atoms with Crippen LogP contribution in [-0.2, 0) is 10.7 Å². The monoisotopic (exact) mass is 326 g/mol. The molecule has 0 saturated heterocycles. The standard InChI is InChI=1S/C10H9BBr2N2/c11-6-1-2-7-8(3-6)15-10(5-13)9(4-12)14-7/h1-3H,4-5,11H2. The quantitative estimate of drug-likeness (QED) is 0.619. The topological polar surface area (TPSA) is 25.8 Å². The van der Waals surface area contributed by atoms with Crippen LogP contribution in [0.1, 0.15) is 11.4 Å². The summed E-state index contributed by atoms with van der Waals surface area (Å²) in [4.78, 5) is 9.15. The first kappa shape index (κ1) is 11.1. The first-order valence-corrected chi connectivity index (χ1v) is 6.87. The molecule has 0 fully saturated rings. The molecule has 1 aromatic carbocycles. The second-order valence-electron chi connectivity index (χ2n) is 3.38. The van der Waals surface area contributed by atoms with Gasteiger partial charge in [-0.25, -0.2) is 9.97 Å². The van der Waals surface area contributed by atoms with Crippen LogP contribution in [0.15, 0.2) is 18.2 Å². The molecule has 0 spiro atoms. The lowest BCUT2D eigenvalue weighted by Gasteiger charge is -2.05. The minimum atomic E-state index is 0.741. The fourth-order valence-electron chi connectivity index (χ4n) is 1.45. The van der Waals surface area contributed by atoms with Crippen LogP contribution in [0.25, 0.3) is 11.0 Å². The van der Waals surface area contributed by atoms with Gasteiger partial charge in [0, 0.05) is 10.7 Å². The molecule has 0 amide bonds. The molecule has 0 aliphatic rings. The van der Waals surface area contributed by atoms with Crippen molar-refractivity contribution < 1.29 is 0 Å². The van der Waals surface area contributed by atoms with Gasteiger partial charge in [-0.2, -0.15) is 0 Å². The largest absolute Gasteiger partial charge is 0.248 e. The molecule has 0 saturated carbocycles. The third-order valence-electron chi connectivity index (χ3n) is 2.23. The van der Waals surface area contributed by atoms with E-state index in [2.05, 4.69) is 61.8 Å². The van der Waals surface area contributed by atoms with Crippen molar-refractivity contribution in [3.05, 3.63) is 29.6 Å². The minimum absolute atomic E-state index is 0.741. The van der Waals surface area contributed by atoms with E-state index < -0.39 is 0 Å². The van der Waals surface area contributed by atoms with E-state index in [1.54, 1.807) is 0 Å². The van der Waals surface area contributed by atoms with Crippen molar-refractivity contribution in [2.75, 3.05) is 0 Å². The maximum Gasteiger partial charge on any atom is 0.139 e. The summed E-state index contributed by atoms with van der Waals surface area (Å²) in [5.41, 5.74) is 5.14. The van der Waals surface area contributed by atoms with Crippen LogP contribution in [0.5, 0.6) is 0 Å². The summed E-state index contributed by atoms with van der Waals surface area (Å²) in [5.74, 6) is 0. The van der Waals surface area contributed by atoms with E-state index in [1.165, 1.54) is 5.46 Å². The lowest BCUT2D eigenvalue weighted by Crippen LogP contribution is -2.04. The fourth-order valence-corrected chi connectivity index (χ4v) is 2.35. The molecule has 0 bridgehead atoms. The molecular weight excluding hydrogens is 319 g/mol. The zero-order valence-corrected chi connectivity index (χ0v) is 11.5. The van der Waals surface area contributed by atoms with Crippen LogP contribution in [0.2, 0.25) is 0 Å². The van der Waals surface area contributed by atoms with Crippen LogP contribution in [0, 0.1) is 0 Å². The molecule has 0 atom stereocenters. The van der Waals surface area contributed by atoms with E-state index in [1.807, 2.05) is 6.07 Å². The molecule has 0 aliphatic carbocycles. The molecule has 1 heterocycles. The predicted octanol–water partition coefficient (Wildman–Crippen LogP) is 1.68. The van der Waals surface area contributed by atoms with E-state index in [-0.39, 0.29) is 0 Å². The summed E-state index contributed by atoms with van der Waals surface area (Å²) in [6, 6.07) is 6.14. The van der Waals surface area contributed by atoms with Crippen molar-refractivity contribution in [2.24, 2.45) is 0 Å². The highest BCUT2D eigenvalue weighted by atomic mass is 79.9. The number of nitrogens with zero attached hydrogens (tertiary/aromatic N) is 2. The first-order chi connectivity index (χ1) is 7.24. The highest BCUT2D eigenvalue weighted by molar-refractivity contribution is 9.09. The van der Waals surface area contributed by atoms with Crippen LogP contribution >= 0.6 is 31.9 Å². The Hall–Kier alpha value is -0.415. The summed E-state index contributed by atoms with van der Waals surface area (Å²) in [5, 5.41) is 1.48. The SMILES string of the molecule is Bc1ccc2nc(CBr)c(CBr)nc2c1. The molecule has 2 rings (SSSR count). The number of halogens is 2. The molecule has 2 nitrogen and oxygen atoms in total. The Morgan fingerprint density at radius 1 is 1.00 bits per heavy atom. The molecule has 0 radical (unpaired) electrons. The van der Waals surface area contributed by atoms with Gasteiger partial charge in [0.2, 0.25) is 0 Å². The summed E-state index contributed by atoms with van der Waals surface area (Å²) >= 11 is 6.86. The summed E-state index contributed by atoms with van der Waals surface area (Å²) < 4.78 is 0. The van der Waals surface area contributed by atoms with Crippen LogP contribution < -0.4 is 5.46 Å². The Bertz CT molecular complexity index is 502. The Labute approximate surface area is 106 Å². The highest BCUT2D eigenvalue weighted by Gasteiger charge is 2.06. The third-order valence-corrected chi connectivity index (χ3v) is 3.29. The number of benzene rings is 1. The molecule has 0 aliphatic heterocycles. The predicted molar refractivity (Wildman–Crippen MR) is 73.0 cm³/mol. The number of hydrogen-bond acceptors (Lipinski definition) is 2. The molecule has 0 N–H and O–H groups in total. The average Bonchev–Trinajstić information content (AvgIpc) is 2.27. The van der Waals surface area contributed by atoms with Crippen molar-refractivity contribution in [1.29, 1.82) is 0 Å². The maximum atomic E-state index is 4.59. The van der Waals surface area contributed by atoms with Crippen molar-refractivity contribution in [3.8, 4) is 0 Å². The molecule has 0 unspecified atom stereocenters. The Balaban J connectivity index is 2.69. The van der Waals surface area contributed by atoms with Gasteiger partial charge >= 0.3 is 0 Å². The highest BCUT2D eigenvalue weighted by Crippen LogP contribution is 2.16. The Morgan fingerprint density at radius 2 is 1.60 bits per heavy atom. The minimum Gasteiger partial charge on any atom is -0.248 e.